The lowest BCUT2D eigenvalue weighted by atomic mass is 9.64. The van der Waals surface area contributed by atoms with E-state index in [0.717, 1.165) is 12.8 Å². The van der Waals surface area contributed by atoms with Crippen LogP contribution >= 0.6 is 11.6 Å². The molecule has 1 aliphatic heterocycles. The van der Waals surface area contributed by atoms with E-state index >= 15 is 0 Å². The van der Waals surface area contributed by atoms with Gasteiger partial charge in [-0.15, -0.1) is 11.6 Å². The minimum atomic E-state index is -0.766. The first kappa shape index (κ1) is 22.4. The van der Waals surface area contributed by atoms with Crippen molar-refractivity contribution in [3.05, 3.63) is 12.4 Å². The molecule has 3 rings (SSSR count). The zero-order valence-electron chi connectivity index (χ0n) is 17.5. The molecule has 166 valence electrons. The van der Waals surface area contributed by atoms with Gasteiger partial charge in [-0.3, -0.25) is 16.2 Å². The van der Waals surface area contributed by atoms with Crippen molar-refractivity contribution < 1.29 is 9.53 Å². The molecule has 1 heterocycles. The topological polar surface area (TPSA) is 151 Å². The van der Waals surface area contributed by atoms with Gasteiger partial charge < -0.3 is 26.0 Å². The number of amidine groups is 1. The Morgan fingerprint density at radius 1 is 1.27 bits per heavy atom. The highest BCUT2D eigenvalue weighted by atomic mass is 35.5. The summed E-state index contributed by atoms with van der Waals surface area (Å²) in [6.07, 6.45) is 7.11. The van der Waals surface area contributed by atoms with E-state index in [2.05, 4.69) is 17.6 Å². The second-order valence-electron chi connectivity index (χ2n) is 8.79. The molecule has 10 heteroatoms. The molecule has 0 radical (unpaired) electrons. The summed E-state index contributed by atoms with van der Waals surface area (Å²) < 4.78 is 5.32. The van der Waals surface area contributed by atoms with Crippen LogP contribution in [0.1, 0.15) is 52.4 Å². The van der Waals surface area contributed by atoms with E-state index in [4.69, 9.17) is 38.3 Å². The summed E-state index contributed by atoms with van der Waals surface area (Å²) in [5, 5.41) is 30.0. The maximum atomic E-state index is 13.2. The van der Waals surface area contributed by atoms with Crippen molar-refractivity contribution in [1.82, 2.24) is 15.5 Å². The van der Waals surface area contributed by atoms with Crippen LogP contribution in [0.4, 0.5) is 4.79 Å². The number of hydrogen-bond acceptors (Lipinski definition) is 6. The van der Waals surface area contributed by atoms with Crippen LogP contribution in [0.3, 0.4) is 0 Å². The maximum absolute atomic E-state index is 13.2. The molecule has 30 heavy (non-hydrogen) atoms. The minimum absolute atomic E-state index is 0.0187. The Bertz CT molecular complexity index is 757. The van der Waals surface area contributed by atoms with Crippen LogP contribution in [0.15, 0.2) is 12.4 Å². The fourth-order valence-corrected chi connectivity index (χ4v) is 5.62. The molecule has 0 aromatic carbocycles. The summed E-state index contributed by atoms with van der Waals surface area (Å²) in [5.74, 6) is 0.417. The number of rotatable bonds is 4. The number of nitrogens with two attached hydrogens (primary N) is 1. The van der Waals surface area contributed by atoms with Gasteiger partial charge in [-0.05, 0) is 38.0 Å². The Hall–Kier alpha value is -2.29. The zero-order chi connectivity index (χ0) is 22.1. The first-order valence-corrected chi connectivity index (χ1v) is 10.9. The molecule has 2 amide bonds. The molecule has 2 aliphatic carbocycles. The smallest absolute Gasteiger partial charge is 0.318 e. The number of piperidine rings is 1. The Kier molecular flexibility index (Phi) is 6.59. The quantitative estimate of drug-likeness (QED) is 0.227. The number of nitrogens with zero attached hydrogens (tertiary/aromatic N) is 1. The van der Waals surface area contributed by atoms with E-state index in [1.54, 1.807) is 4.90 Å². The molecule has 4 unspecified atom stereocenters. The highest BCUT2D eigenvalue weighted by Crippen LogP contribution is 2.50. The van der Waals surface area contributed by atoms with Crippen LogP contribution in [0.5, 0.6) is 0 Å². The normalized spacial score (nSPS) is 35.3. The lowest BCUT2D eigenvalue weighted by Gasteiger charge is -2.62. The van der Waals surface area contributed by atoms with Gasteiger partial charge >= 0.3 is 6.03 Å². The van der Waals surface area contributed by atoms with Crippen LogP contribution in [0.2, 0.25) is 0 Å². The molecular weight excluding hydrogens is 406 g/mol. The molecule has 0 spiro atoms. The summed E-state index contributed by atoms with van der Waals surface area (Å²) in [6, 6.07) is -0.220. The first-order valence-electron chi connectivity index (χ1n) is 10.5. The number of carbonyl (C=O) groups excluding carboxylic acids is 1. The van der Waals surface area contributed by atoms with Crippen LogP contribution in [-0.4, -0.2) is 51.6 Å². The molecule has 2 bridgehead atoms. The van der Waals surface area contributed by atoms with Gasteiger partial charge in [-0.2, -0.15) is 0 Å². The highest BCUT2D eigenvalue weighted by Gasteiger charge is 2.62. The van der Waals surface area contributed by atoms with Crippen LogP contribution < -0.4 is 16.4 Å². The molecule has 6 atom stereocenters. The summed E-state index contributed by atoms with van der Waals surface area (Å²) in [7, 11) is 0. The SMILES string of the molecule is CC(=N)OC(=N)C12C[C@H](C)C[C@H](C1)N2C(=O)NC1CCC(Cl)C(C(=N)N/C=C\N)C1. The number of carbonyl (C=O) groups is 1. The predicted molar refractivity (Wildman–Crippen MR) is 117 cm³/mol. The number of nitrogens with one attached hydrogen (secondary N) is 5. The summed E-state index contributed by atoms with van der Waals surface area (Å²) >= 11 is 6.44. The molecule has 1 saturated heterocycles. The monoisotopic (exact) mass is 437 g/mol. The van der Waals surface area contributed by atoms with E-state index in [0.29, 0.717) is 37.4 Å². The Balaban J connectivity index is 1.68. The molecule has 7 N–H and O–H groups in total. The van der Waals surface area contributed by atoms with E-state index in [-0.39, 0.29) is 41.2 Å². The number of amides is 2. The van der Waals surface area contributed by atoms with Crippen LogP contribution in [0.25, 0.3) is 0 Å². The molecule has 2 saturated carbocycles. The highest BCUT2D eigenvalue weighted by molar-refractivity contribution is 6.22. The van der Waals surface area contributed by atoms with E-state index < -0.39 is 5.54 Å². The van der Waals surface area contributed by atoms with Crippen molar-refractivity contribution in [2.24, 2.45) is 17.6 Å². The number of ether oxygens (including phenoxy) is 1. The van der Waals surface area contributed by atoms with Gasteiger partial charge in [-0.25, -0.2) is 4.79 Å². The summed E-state index contributed by atoms with van der Waals surface area (Å²) in [6.45, 7) is 3.62. The van der Waals surface area contributed by atoms with E-state index in [1.807, 2.05) is 0 Å². The van der Waals surface area contributed by atoms with Crippen molar-refractivity contribution in [3.8, 4) is 0 Å². The zero-order valence-corrected chi connectivity index (χ0v) is 18.3. The molecule has 0 aromatic heterocycles. The van der Waals surface area contributed by atoms with Gasteiger partial charge in [0.05, 0.1) is 0 Å². The van der Waals surface area contributed by atoms with Crippen molar-refractivity contribution in [2.45, 2.75) is 75.4 Å². The Labute approximate surface area is 182 Å². The lowest BCUT2D eigenvalue weighted by molar-refractivity contribution is -0.0591. The average Bonchev–Trinajstić information content (AvgIpc) is 2.66. The molecular formula is C20H32ClN7O2. The van der Waals surface area contributed by atoms with Crippen molar-refractivity contribution in [2.75, 3.05) is 0 Å². The summed E-state index contributed by atoms with van der Waals surface area (Å²) in [4.78, 5) is 15.0. The lowest BCUT2D eigenvalue weighted by Crippen LogP contribution is -2.76. The van der Waals surface area contributed by atoms with Crippen molar-refractivity contribution in [1.29, 1.82) is 16.2 Å². The minimum Gasteiger partial charge on any atom is -0.428 e. The van der Waals surface area contributed by atoms with E-state index in [1.165, 1.54) is 19.3 Å². The third kappa shape index (κ3) is 4.26. The fourth-order valence-electron chi connectivity index (χ4n) is 5.27. The molecule has 0 aromatic rings. The third-order valence-corrected chi connectivity index (χ3v) is 6.98. The Morgan fingerprint density at radius 3 is 2.67 bits per heavy atom. The fraction of sp³-hybridized carbons (Fsp3) is 0.700. The van der Waals surface area contributed by atoms with Crippen molar-refractivity contribution >= 4 is 35.3 Å². The Morgan fingerprint density at radius 2 is 2.00 bits per heavy atom. The number of hydrogen-bond donors (Lipinski definition) is 6. The van der Waals surface area contributed by atoms with Gasteiger partial charge in [0.25, 0.3) is 0 Å². The van der Waals surface area contributed by atoms with Crippen LogP contribution in [0, 0.1) is 28.1 Å². The second-order valence-corrected chi connectivity index (χ2v) is 9.35. The van der Waals surface area contributed by atoms with E-state index in [9.17, 15) is 4.79 Å². The number of likely N-dealkylation sites (tertiary alicyclic amines) is 1. The predicted octanol–water partition coefficient (Wildman–Crippen LogP) is 2.70. The van der Waals surface area contributed by atoms with Crippen LogP contribution in [-0.2, 0) is 4.74 Å². The van der Waals surface area contributed by atoms with Gasteiger partial charge in [0.1, 0.15) is 11.4 Å². The molecule has 9 nitrogen and oxygen atoms in total. The van der Waals surface area contributed by atoms with Gasteiger partial charge in [0, 0.05) is 49.1 Å². The number of alkyl halides is 1. The molecule has 3 fully saturated rings. The van der Waals surface area contributed by atoms with Crippen molar-refractivity contribution in [3.63, 3.8) is 0 Å². The summed E-state index contributed by atoms with van der Waals surface area (Å²) in [5.41, 5.74) is 4.57. The number of fused-ring (bicyclic) bond motifs is 2. The standard InChI is InChI=1S/C20H32ClN7O2/c1-11-7-14-10-20(9-11,18(25)30-12(2)23)28(14)19(29)27-13-3-4-16(21)15(8-13)17(24)26-6-5-22/h5-6,11,13-16,23,25H,3-4,7-10,22H2,1-2H3,(H2,24,26)(H,27,29)/b6-5-,23-12?,25-18?/t11-,13?,14-,15?,16?,20?/m1/s1. The molecule has 3 aliphatic rings. The second kappa shape index (κ2) is 8.83. The first-order chi connectivity index (χ1) is 14.2. The third-order valence-electron chi connectivity index (χ3n) is 6.46. The number of halogens is 1. The maximum Gasteiger partial charge on any atom is 0.318 e. The van der Waals surface area contributed by atoms with Gasteiger partial charge in [0.2, 0.25) is 5.90 Å². The van der Waals surface area contributed by atoms with Gasteiger partial charge in [0.15, 0.2) is 5.90 Å². The number of urea groups is 1. The largest absolute Gasteiger partial charge is 0.428 e. The average molecular weight is 438 g/mol. The van der Waals surface area contributed by atoms with Gasteiger partial charge in [-0.1, -0.05) is 6.92 Å².